The first-order chi connectivity index (χ1) is 15.2. The van der Waals surface area contributed by atoms with Crippen molar-refractivity contribution in [2.45, 2.75) is 19.0 Å². The fourth-order valence-electron chi connectivity index (χ4n) is 3.65. The van der Waals surface area contributed by atoms with Crippen molar-refractivity contribution in [1.82, 2.24) is 25.2 Å². The second-order valence-electron chi connectivity index (χ2n) is 7.31. The van der Waals surface area contributed by atoms with E-state index in [2.05, 4.69) is 30.5 Å². The average molecular weight is 440 g/mol. The van der Waals surface area contributed by atoms with E-state index in [9.17, 15) is 0 Å². The van der Waals surface area contributed by atoms with Gasteiger partial charge in [0.2, 0.25) is 0 Å². The molecule has 0 bridgehead atoms. The first kappa shape index (κ1) is 21.0. The van der Waals surface area contributed by atoms with Crippen LogP contribution in [0.3, 0.4) is 0 Å². The van der Waals surface area contributed by atoms with Gasteiger partial charge in [-0.25, -0.2) is 9.97 Å². The van der Waals surface area contributed by atoms with Gasteiger partial charge in [-0.15, -0.1) is 0 Å². The van der Waals surface area contributed by atoms with Crippen LogP contribution in [0, 0.1) is 0 Å². The molecule has 0 aliphatic carbocycles. The Morgan fingerprint density at radius 2 is 2.23 bits per heavy atom. The number of guanidine groups is 1. The normalized spacial score (nSPS) is 16.4. The van der Waals surface area contributed by atoms with Crippen molar-refractivity contribution in [3.63, 3.8) is 0 Å². The third kappa shape index (κ3) is 5.08. The molecule has 0 amide bonds. The predicted octanol–water partition coefficient (Wildman–Crippen LogP) is 2.87. The molecule has 1 fully saturated rings. The van der Waals surface area contributed by atoms with E-state index >= 15 is 0 Å². The Labute approximate surface area is 186 Å². The molecule has 162 valence electrons. The summed E-state index contributed by atoms with van der Waals surface area (Å²) in [5.41, 5.74) is 2.09. The van der Waals surface area contributed by atoms with Crippen LogP contribution >= 0.6 is 11.6 Å². The zero-order chi connectivity index (χ0) is 21.6. The van der Waals surface area contributed by atoms with Crippen LogP contribution in [0.1, 0.15) is 12.0 Å². The molecule has 3 heterocycles. The molecule has 8 nitrogen and oxygen atoms in total. The third-order valence-corrected chi connectivity index (χ3v) is 5.51. The van der Waals surface area contributed by atoms with Crippen molar-refractivity contribution < 1.29 is 4.74 Å². The Morgan fingerprint density at radius 3 is 2.94 bits per heavy atom. The molecule has 1 saturated heterocycles. The minimum atomic E-state index is 0.275. The van der Waals surface area contributed by atoms with Crippen LogP contribution in [-0.2, 0) is 6.54 Å². The summed E-state index contributed by atoms with van der Waals surface area (Å²) in [5.74, 6) is 2.44. The second-order valence-corrected chi connectivity index (χ2v) is 7.75. The number of rotatable bonds is 6. The topological polar surface area (TPSA) is 79.6 Å². The number of aliphatic imine (C=N–C) groups is 1. The minimum Gasteiger partial charge on any atom is -0.495 e. The van der Waals surface area contributed by atoms with E-state index in [1.165, 1.54) is 0 Å². The highest BCUT2D eigenvalue weighted by Crippen LogP contribution is 2.33. The maximum atomic E-state index is 6.20. The van der Waals surface area contributed by atoms with Gasteiger partial charge in [0.1, 0.15) is 17.9 Å². The summed E-state index contributed by atoms with van der Waals surface area (Å²) < 4.78 is 7.38. The summed E-state index contributed by atoms with van der Waals surface area (Å²) >= 11 is 6.20. The quantitative estimate of drug-likeness (QED) is 0.454. The Hall–Kier alpha value is -3.26. The van der Waals surface area contributed by atoms with Crippen molar-refractivity contribution in [3.8, 4) is 11.6 Å². The van der Waals surface area contributed by atoms with Crippen LogP contribution in [-0.4, -0.2) is 53.8 Å². The summed E-state index contributed by atoms with van der Waals surface area (Å²) in [7, 11) is 3.46. The van der Waals surface area contributed by atoms with Crippen LogP contribution in [0.25, 0.3) is 5.82 Å². The molecule has 1 atom stereocenters. The zero-order valence-corrected chi connectivity index (χ0v) is 18.4. The molecule has 0 radical (unpaired) electrons. The van der Waals surface area contributed by atoms with E-state index in [0.717, 1.165) is 48.3 Å². The molecular formula is C22H26ClN7O. The van der Waals surface area contributed by atoms with Gasteiger partial charge in [-0.3, -0.25) is 9.56 Å². The molecular weight excluding hydrogens is 414 g/mol. The number of nitrogens with one attached hydrogen (secondary N) is 2. The average Bonchev–Trinajstić information content (AvgIpc) is 3.49. The fourth-order valence-corrected chi connectivity index (χ4v) is 3.82. The Balaban J connectivity index is 1.31. The number of imidazole rings is 1. The van der Waals surface area contributed by atoms with E-state index in [1.807, 2.05) is 47.3 Å². The molecule has 0 spiro atoms. The number of anilines is 1. The van der Waals surface area contributed by atoms with Crippen LogP contribution in [0.2, 0.25) is 5.02 Å². The van der Waals surface area contributed by atoms with Gasteiger partial charge < -0.3 is 20.3 Å². The molecule has 1 aromatic carbocycles. The van der Waals surface area contributed by atoms with Crippen molar-refractivity contribution >= 4 is 23.2 Å². The van der Waals surface area contributed by atoms with Crippen molar-refractivity contribution in [3.05, 3.63) is 65.8 Å². The summed E-state index contributed by atoms with van der Waals surface area (Å²) in [6.07, 6.45) is 8.20. The van der Waals surface area contributed by atoms with E-state index in [4.69, 9.17) is 16.3 Å². The van der Waals surface area contributed by atoms with Crippen molar-refractivity contribution in [2.75, 3.05) is 32.1 Å². The van der Waals surface area contributed by atoms with E-state index < -0.39 is 0 Å². The Kier molecular flexibility index (Phi) is 6.57. The molecule has 9 heteroatoms. The van der Waals surface area contributed by atoms with Crippen LogP contribution in [0.4, 0.5) is 5.69 Å². The van der Waals surface area contributed by atoms with E-state index in [0.29, 0.717) is 11.6 Å². The van der Waals surface area contributed by atoms with Gasteiger partial charge in [0, 0.05) is 56.3 Å². The maximum Gasteiger partial charge on any atom is 0.191 e. The Bertz CT molecular complexity index is 1020. The zero-order valence-electron chi connectivity index (χ0n) is 17.6. The highest BCUT2D eigenvalue weighted by molar-refractivity contribution is 6.30. The largest absolute Gasteiger partial charge is 0.495 e. The second kappa shape index (κ2) is 9.70. The molecule has 1 aliphatic rings. The Morgan fingerprint density at radius 1 is 1.32 bits per heavy atom. The van der Waals surface area contributed by atoms with Gasteiger partial charge in [0.15, 0.2) is 5.96 Å². The molecule has 2 aromatic heterocycles. The summed E-state index contributed by atoms with van der Waals surface area (Å²) in [6.45, 7) is 2.40. The lowest BCUT2D eigenvalue weighted by atomic mass is 10.2. The smallest absolute Gasteiger partial charge is 0.191 e. The summed E-state index contributed by atoms with van der Waals surface area (Å²) in [5, 5.41) is 7.59. The van der Waals surface area contributed by atoms with E-state index in [-0.39, 0.29) is 6.04 Å². The fraction of sp³-hybridized carbons (Fsp3) is 0.318. The summed E-state index contributed by atoms with van der Waals surface area (Å²) in [4.78, 5) is 15.2. The SMILES string of the molecule is CN=C(NCc1ccc(-n2ccnc2)nc1)NC1CCN(c2cc(Cl)ccc2OC)C1. The lowest BCUT2D eigenvalue weighted by Gasteiger charge is -2.22. The first-order valence-electron chi connectivity index (χ1n) is 10.1. The van der Waals surface area contributed by atoms with E-state index in [1.54, 1.807) is 26.7 Å². The monoisotopic (exact) mass is 439 g/mol. The molecule has 0 saturated carbocycles. The first-order valence-corrected chi connectivity index (χ1v) is 10.5. The number of nitrogens with zero attached hydrogens (tertiary/aromatic N) is 5. The summed E-state index contributed by atoms with van der Waals surface area (Å²) in [6, 6.07) is 10.0. The third-order valence-electron chi connectivity index (χ3n) is 5.27. The maximum absolute atomic E-state index is 6.20. The molecule has 2 N–H and O–H groups in total. The van der Waals surface area contributed by atoms with Gasteiger partial charge in [0.25, 0.3) is 0 Å². The predicted molar refractivity (Wildman–Crippen MR) is 123 cm³/mol. The highest BCUT2D eigenvalue weighted by atomic mass is 35.5. The van der Waals surface area contributed by atoms with Crippen LogP contribution in [0.5, 0.6) is 5.75 Å². The van der Waals surface area contributed by atoms with Crippen LogP contribution in [0.15, 0.2) is 60.2 Å². The number of methoxy groups -OCH3 is 1. The molecule has 1 unspecified atom stereocenters. The number of ether oxygens (including phenoxy) is 1. The number of benzene rings is 1. The number of hydrogen-bond donors (Lipinski definition) is 2. The van der Waals surface area contributed by atoms with Crippen LogP contribution < -0.4 is 20.3 Å². The minimum absolute atomic E-state index is 0.275. The molecule has 31 heavy (non-hydrogen) atoms. The highest BCUT2D eigenvalue weighted by Gasteiger charge is 2.25. The van der Waals surface area contributed by atoms with Crippen molar-refractivity contribution in [2.24, 2.45) is 4.99 Å². The lowest BCUT2D eigenvalue weighted by molar-refractivity contribution is 0.415. The molecule has 3 aromatic rings. The standard InChI is InChI=1S/C22H26ClN7O/c1-24-22(27-13-16-3-6-21(26-12-16)30-10-8-25-15-30)28-18-7-9-29(14-18)19-11-17(23)4-5-20(19)31-2/h3-6,8,10-12,15,18H,7,9,13-14H2,1-2H3,(H2,24,27,28). The van der Waals surface area contributed by atoms with Gasteiger partial charge in [0.05, 0.1) is 12.8 Å². The van der Waals surface area contributed by atoms with Gasteiger partial charge >= 0.3 is 0 Å². The van der Waals surface area contributed by atoms with Gasteiger partial charge in [-0.1, -0.05) is 17.7 Å². The molecule has 4 rings (SSSR count). The number of aromatic nitrogens is 3. The lowest BCUT2D eigenvalue weighted by Crippen LogP contribution is -2.44. The van der Waals surface area contributed by atoms with Gasteiger partial charge in [-0.2, -0.15) is 0 Å². The van der Waals surface area contributed by atoms with Gasteiger partial charge in [-0.05, 0) is 36.2 Å². The number of hydrogen-bond acceptors (Lipinski definition) is 5. The number of pyridine rings is 1. The van der Waals surface area contributed by atoms with Crippen molar-refractivity contribution in [1.29, 1.82) is 0 Å². The molecule has 1 aliphatic heterocycles. The number of halogens is 1.